The second-order valence-electron chi connectivity index (χ2n) is 8.81. The average Bonchev–Trinajstić information content (AvgIpc) is 3.31. The van der Waals surface area contributed by atoms with Crippen LogP contribution in [0.3, 0.4) is 0 Å². The van der Waals surface area contributed by atoms with E-state index >= 15 is 0 Å². The minimum absolute atomic E-state index is 0.114. The molecule has 0 saturated heterocycles. The van der Waals surface area contributed by atoms with Crippen molar-refractivity contribution in [2.75, 3.05) is 17.1 Å². The van der Waals surface area contributed by atoms with Crippen LogP contribution < -0.4 is 9.62 Å². The summed E-state index contributed by atoms with van der Waals surface area (Å²) >= 11 is 8.16. The van der Waals surface area contributed by atoms with Gasteiger partial charge in [0.1, 0.15) is 12.6 Å². The number of carbonyl (C=O) groups is 2. The first-order valence-corrected chi connectivity index (χ1v) is 15.0. The summed E-state index contributed by atoms with van der Waals surface area (Å²) in [5, 5.41) is 3.66. The molecule has 1 aliphatic rings. The molecule has 0 aromatic heterocycles. The first kappa shape index (κ1) is 27.7. The number of sulfonamides is 1. The molecule has 35 heavy (non-hydrogen) atoms. The molecule has 7 nitrogen and oxygen atoms in total. The molecule has 3 rings (SSSR count). The second kappa shape index (κ2) is 12.4. The van der Waals surface area contributed by atoms with Crippen molar-refractivity contribution in [2.24, 2.45) is 0 Å². The van der Waals surface area contributed by atoms with Crippen LogP contribution in [-0.2, 0) is 26.2 Å². The van der Waals surface area contributed by atoms with E-state index in [-0.39, 0.29) is 18.5 Å². The Morgan fingerprint density at radius 3 is 2.23 bits per heavy atom. The Labute approximate surface area is 226 Å². The zero-order chi connectivity index (χ0) is 25.6. The average molecular weight is 632 g/mol. The first-order valence-electron chi connectivity index (χ1n) is 11.7. The van der Waals surface area contributed by atoms with Crippen molar-refractivity contribution < 1.29 is 18.0 Å². The standard InChI is InChI=1S/C25H31ClIN3O4S/c1-3-23(25(32)28-21-6-4-5-7-21)29(16-18-8-10-19(26)11-9-18)24(31)17-30(35(2,33)34)22-14-12-20(27)13-15-22/h8-15,21,23H,3-7,16-17H2,1-2H3,(H,28,32)/t23-/m0/s1. The molecule has 1 fully saturated rings. The Balaban J connectivity index is 1.90. The fourth-order valence-corrected chi connectivity index (χ4v) is 5.63. The lowest BCUT2D eigenvalue weighted by Crippen LogP contribution is -2.53. The number of anilines is 1. The van der Waals surface area contributed by atoms with E-state index in [0.29, 0.717) is 17.1 Å². The van der Waals surface area contributed by atoms with E-state index in [1.807, 2.05) is 6.92 Å². The molecule has 2 amide bonds. The Morgan fingerprint density at radius 2 is 1.69 bits per heavy atom. The lowest BCUT2D eigenvalue weighted by molar-refractivity contribution is -0.140. The van der Waals surface area contributed by atoms with E-state index in [1.54, 1.807) is 48.5 Å². The van der Waals surface area contributed by atoms with Crippen LogP contribution in [0.5, 0.6) is 0 Å². The number of hydrogen-bond acceptors (Lipinski definition) is 4. The minimum atomic E-state index is -3.74. The van der Waals surface area contributed by atoms with Crippen molar-refractivity contribution >= 4 is 61.7 Å². The molecule has 0 radical (unpaired) electrons. The van der Waals surface area contributed by atoms with E-state index in [2.05, 4.69) is 27.9 Å². The summed E-state index contributed by atoms with van der Waals surface area (Å²) in [4.78, 5) is 28.4. The number of carbonyl (C=O) groups excluding carboxylic acids is 2. The van der Waals surface area contributed by atoms with Crippen LogP contribution in [0.2, 0.25) is 5.02 Å². The molecule has 2 aromatic carbocycles. The molecule has 0 bridgehead atoms. The zero-order valence-corrected chi connectivity index (χ0v) is 23.6. The molecule has 2 aromatic rings. The van der Waals surface area contributed by atoms with Crippen LogP contribution in [0.25, 0.3) is 0 Å². The summed E-state index contributed by atoms with van der Waals surface area (Å²) < 4.78 is 27.3. The topological polar surface area (TPSA) is 86.8 Å². The molecule has 190 valence electrons. The number of nitrogens with zero attached hydrogens (tertiary/aromatic N) is 2. The summed E-state index contributed by atoms with van der Waals surface area (Å²) in [7, 11) is -3.74. The molecule has 0 aliphatic heterocycles. The van der Waals surface area contributed by atoms with Crippen LogP contribution in [0.4, 0.5) is 5.69 Å². The SMILES string of the molecule is CC[C@@H](C(=O)NC1CCCC1)N(Cc1ccc(Cl)cc1)C(=O)CN(c1ccc(I)cc1)S(C)(=O)=O. The monoisotopic (exact) mass is 631 g/mol. The van der Waals surface area contributed by atoms with Crippen LogP contribution in [0.15, 0.2) is 48.5 Å². The summed E-state index contributed by atoms with van der Waals surface area (Å²) in [6.45, 7) is 1.62. The van der Waals surface area contributed by atoms with Gasteiger partial charge in [0.15, 0.2) is 0 Å². The lowest BCUT2D eigenvalue weighted by Gasteiger charge is -2.33. The van der Waals surface area contributed by atoms with E-state index in [9.17, 15) is 18.0 Å². The van der Waals surface area contributed by atoms with Crippen molar-refractivity contribution in [3.8, 4) is 0 Å². The Hall–Kier alpha value is -1.85. The highest BCUT2D eigenvalue weighted by molar-refractivity contribution is 14.1. The smallest absolute Gasteiger partial charge is 0.244 e. The highest BCUT2D eigenvalue weighted by atomic mass is 127. The van der Waals surface area contributed by atoms with Gasteiger partial charge in [0.2, 0.25) is 21.8 Å². The van der Waals surface area contributed by atoms with Crippen molar-refractivity contribution in [1.82, 2.24) is 10.2 Å². The largest absolute Gasteiger partial charge is 0.352 e. The second-order valence-corrected chi connectivity index (χ2v) is 12.4. The van der Waals surface area contributed by atoms with Gasteiger partial charge in [-0.05, 0) is 83.8 Å². The molecule has 1 saturated carbocycles. The zero-order valence-electron chi connectivity index (χ0n) is 19.9. The van der Waals surface area contributed by atoms with Gasteiger partial charge in [-0.1, -0.05) is 43.5 Å². The maximum Gasteiger partial charge on any atom is 0.244 e. The lowest BCUT2D eigenvalue weighted by atomic mass is 10.1. The Morgan fingerprint density at radius 1 is 1.09 bits per heavy atom. The fraction of sp³-hybridized carbons (Fsp3) is 0.440. The molecular weight excluding hydrogens is 601 g/mol. The third-order valence-corrected chi connectivity index (χ3v) is 8.26. The van der Waals surface area contributed by atoms with E-state index < -0.39 is 28.5 Å². The van der Waals surface area contributed by atoms with Crippen molar-refractivity contribution in [1.29, 1.82) is 0 Å². The van der Waals surface area contributed by atoms with Crippen molar-refractivity contribution in [2.45, 2.75) is 57.7 Å². The van der Waals surface area contributed by atoms with Gasteiger partial charge in [-0.15, -0.1) is 0 Å². The van der Waals surface area contributed by atoms with E-state index in [4.69, 9.17) is 11.6 Å². The number of hydrogen-bond donors (Lipinski definition) is 1. The van der Waals surface area contributed by atoms with Gasteiger partial charge in [-0.2, -0.15) is 0 Å². The normalized spacial score (nSPS) is 15.0. The summed E-state index contributed by atoms with van der Waals surface area (Å²) in [5.41, 5.74) is 1.20. The first-order chi connectivity index (χ1) is 16.6. The molecule has 1 aliphatic carbocycles. The van der Waals surface area contributed by atoms with Gasteiger partial charge in [-0.3, -0.25) is 13.9 Å². The van der Waals surface area contributed by atoms with Crippen LogP contribution in [0.1, 0.15) is 44.6 Å². The fourth-order valence-electron chi connectivity index (χ4n) is 4.29. The third-order valence-electron chi connectivity index (χ3n) is 6.15. The molecule has 1 N–H and O–H groups in total. The quantitative estimate of drug-likeness (QED) is 0.389. The molecule has 10 heteroatoms. The van der Waals surface area contributed by atoms with Crippen LogP contribution in [-0.4, -0.2) is 50.0 Å². The van der Waals surface area contributed by atoms with Gasteiger partial charge in [0.05, 0.1) is 11.9 Å². The Bertz CT molecular complexity index is 1120. The summed E-state index contributed by atoms with van der Waals surface area (Å²) in [6.07, 6.45) is 5.50. The third kappa shape index (κ3) is 7.82. The Kier molecular flexibility index (Phi) is 9.83. The summed E-state index contributed by atoms with van der Waals surface area (Å²) in [5.74, 6) is -0.653. The van der Waals surface area contributed by atoms with Crippen molar-refractivity contribution in [3.63, 3.8) is 0 Å². The van der Waals surface area contributed by atoms with Crippen LogP contribution in [0, 0.1) is 3.57 Å². The predicted octanol–water partition coefficient (Wildman–Crippen LogP) is 4.58. The number of amides is 2. The van der Waals surface area contributed by atoms with Gasteiger partial charge < -0.3 is 10.2 Å². The van der Waals surface area contributed by atoms with Gasteiger partial charge in [0.25, 0.3) is 0 Å². The molecule has 0 heterocycles. The highest BCUT2D eigenvalue weighted by Crippen LogP contribution is 2.22. The minimum Gasteiger partial charge on any atom is -0.352 e. The molecule has 0 unspecified atom stereocenters. The predicted molar refractivity (Wildman–Crippen MR) is 148 cm³/mol. The van der Waals surface area contributed by atoms with E-state index in [0.717, 1.165) is 45.4 Å². The molecular formula is C25H31ClIN3O4S. The maximum atomic E-state index is 13.7. The van der Waals surface area contributed by atoms with Gasteiger partial charge in [-0.25, -0.2) is 8.42 Å². The number of rotatable bonds is 10. The number of nitrogens with one attached hydrogen (secondary N) is 1. The molecule has 0 spiro atoms. The van der Waals surface area contributed by atoms with Gasteiger partial charge in [0, 0.05) is 21.2 Å². The molecule has 1 atom stereocenters. The van der Waals surface area contributed by atoms with Gasteiger partial charge >= 0.3 is 0 Å². The number of halogens is 2. The van der Waals surface area contributed by atoms with Crippen LogP contribution >= 0.6 is 34.2 Å². The maximum absolute atomic E-state index is 13.7. The summed E-state index contributed by atoms with van der Waals surface area (Å²) in [6, 6.07) is 13.4. The van der Waals surface area contributed by atoms with Crippen molar-refractivity contribution in [3.05, 3.63) is 62.7 Å². The highest BCUT2D eigenvalue weighted by Gasteiger charge is 2.33. The van der Waals surface area contributed by atoms with E-state index in [1.165, 1.54) is 4.90 Å². The number of benzene rings is 2.